The van der Waals surface area contributed by atoms with Gasteiger partial charge < -0.3 is 20.5 Å². The molecule has 1 saturated heterocycles. The fourth-order valence-electron chi connectivity index (χ4n) is 4.91. The van der Waals surface area contributed by atoms with Gasteiger partial charge in [-0.25, -0.2) is 4.98 Å². The molecule has 0 unspecified atom stereocenters. The molecule has 0 spiro atoms. The fraction of sp³-hybridized carbons (Fsp3) is 0.346. The van der Waals surface area contributed by atoms with Gasteiger partial charge >= 0.3 is 0 Å². The minimum atomic E-state index is -0.513. The van der Waals surface area contributed by atoms with Crippen molar-refractivity contribution in [1.29, 1.82) is 0 Å². The zero-order chi connectivity index (χ0) is 22.8. The van der Waals surface area contributed by atoms with Crippen LogP contribution >= 0.6 is 0 Å². The van der Waals surface area contributed by atoms with Crippen LogP contribution in [0.2, 0.25) is 0 Å². The van der Waals surface area contributed by atoms with Gasteiger partial charge in [0.2, 0.25) is 5.91 Å². The van der Waals surface area contributed by atoms with E-state index in [0.29, 0.717) is 16.9 Å². The van der Waals surface area contributed by atoms with Gasteiger partial charge in [-0.15, -0.1) is 0 Å². The number of hydrogen-bond acceptors (Lipinski definition) is 4. The van der Waals surface area contributed by atoms with E-state index in [0.717, 1.165) is 80.9 Å². The molecule has 2 amide bonds. The van der Waals surface area contributed by atoms with E-state index < -0.39 is 5.91 Å². The highest BCUT2D eigenvalue weighted by atomic mass is 16.2. The number of amides is 2. The molecule has 2 aliphatic heterocycles. The number of imidazole rings is 1. The summed E-state index contributed by atoms with van der Waals surface area (Å²) in [6.07, 6.45) is 6.29. The van der Waals surface area contributed by atoms with Crippen LogP contribution in [0.3, 0.4) is 0 Å². The Balaban J connectivity index is 1.53. The number of nitrogens with two attached hydrogens (primary N) is 1. The van der Waals surface area contributed by atoms with Crippen LogP contribution in [-0.4, -0.2) is 34.5 Å². The second-order valence-corrected chi connectivity index (χ2v) is 8.80. The van der Waals surface area contributed by atoms with Crippen LogP contribution in [0.1, 0.15) is 58.6 Å². The Morgan fingerprint density at radius 3 is 2.42 bits per heavy atom. The summed E-state index contributed by atoms with van der Waals surface area (Å²) >= 11 is 0. The van der Waals surface area contributed by atoms with Gasteiger partial charge in [-0.3, -0.25) is 9.59 Å². The highest BCUT2D eigenvalue weighted by molar-refractivity contribution is 6.07. The third-order valence-electron chi connectivity index (χ3n) is 6.59. The van der Waals surface area contributed by atoms with Crippen molar-refractivity contribution < 1.29 is 9.59 Å². The summed E-state index contributed by atoms with van der Waals surface area (Å²) in [5, 5.41) is 3.07. The summed E-state index contributed by atoms with van der Waals surface area (Å²) < 4.78 is 2.21. The Morgan fingerprint density at radius 1 is 0.909 bits per heavy atom. The minimum Gasteiger partial charge on any atom is -0.370 e. The fourth-order valence-corrected chi connectivity index (χ4v) is 4.91. The lowest BCUT2D eigenvalue weighted by atomic mass is 10.1. The van der Waals surface area contributed by atoms with Crippen molar-refractivity contribution in [3.05, 3.63) is 65.5 Å². The van der Waals surface area contributed by atoms with E-state index in [2.05, 4.69) is 14.8 Å². The number of anilines is 2. The molecule has 3 heterocycles. The van der Waals surface area contributed by atoms with Gasteiger partial charge in [-0.05, 0) is 50.3 Å². The van der Waals surface area contributed by atoms with Gasteiger partial charge in [-0.2, -0.15) is 0 Å². The van der Waals surface area contributed by atoms with Gasteiger partial charge in [0.15, 0.2) is 0 Å². The summed E-state index contributed by atoms with van der Waals surface area (Å²) in [5.41, 5.74) is 9.88. The van der Waals surface area contributed by atoms with Crippen LogP contribution in [0.4, 0.5) is 11.4 Å². The molecule has 33 heavy (non-hydrogen) atoms. The SMILES string of the molecule is NC(=O)c1ccc(N2CCCC2)c(NC(=O)c2nc(-c3ccccc3)n3c2CCCCC3)c1. The highest BCUT2D eigenvalue weighted by Gasteiger charge is 2.26. The second-order valence-electron chi connectivity index (χ2n) is 8.80. The van der Waals surface area contributed by atoms with Crippen molar-refractivity contribution >= 4 is 23.2 Å². The standard InChI is InChI=1S/C26H29N5O2/c27-24(32)19-12-13-21(30-14-7-8-15-30)20(17-19)28-26(33)23-22-11-5-2-6-16-31(22)25(29-23)18-9-3-1-4-10-18/h1,3-4,9-10,12-13,17H,2,5-8,11,14-16H2,(H2,27,32)(H,28,33). The number of carbonyl (C=O) groups is 2. The van der Waals surface area contributed by atoms with E-state index in [4.69, 9.17) is 10.7 Å². The number of aromatic nitrogens is 2. The lowest BCUT2D eigenvalue weighted by molar-refractivity contribution is 0.0995. The van der Waals surface area contributed by atoms with E-state index in [1.165, 1.54) is 0 Å². The number of rotatable bonds is 5. The Labute approximate surface area is 193 Å². The van der Waals surface area contributed by atoms with Crippen molar-refractivity contribution in [2.45, 2.75) is 45.1 Å². The summed E-state index contributed by atoms with van der Waals surface area (Å²) in [7, 11) is 0. The molecular formula is C26H29N5O2. The normalized spacial score (nSPS) is 15.7. The minimum absolute atomic E-state index is 0.245. The zero-order valence-electron chi connectivity index (χ0n) is 18.7. The van der Waals surface area contributed by atoms with Crippen LogP contribution in [0.15, 0.2) is 48.5 Å². The molecule has 5 rings (SSSR count). The predicted octanol–water partition coefficient (Wildman–Crippen LogP) is 4.23. The molecule has 3 aromatic rings. The van der Waals surface area contributed by atoms with E-state index in [1.54, 1.807) is 12.1 Å². The molecule has 3 N–H and O–H groups in total. The van der Waals surface area contributed by atoms with Crippen LogP contribution in [0, 0.1) is 0 Å². The first-order valence-corrected chi connectivity index (χ1v) is 11.8. The second kappa shape index (κ2) is 9.10. The maximum absolute atomic E-state index is 13.6. The molecule has 7 heteroatoms. The van der Waals surface area contributed by atoms with E-state index in [-0.39, 0.29) is 5.91 Å². The van der Waals surface area contributed by atoms with Crippen LogP contribution < -0.4 is 16.0 Å². The third kappa shape index (κ3) is 4.23. The Bertz CT molecular complexity index is 1180. The summed E-state index contributed by atoms with van der Waals surface area (Å²) in [5.74, 6) is 0.0777. The van der Waals surface area contributed by atoms with Crippen LogP contribution in [-0.2, 0) is 13.0 Å². The molecule has 0 bridgehead atoms. The molecule has 7 nitrogen and oxygen atoms in total. The van der Waals surface area contributed by atoms with Crippen LogP contribution in [0.25, 0.3) is 11.4 Å². The van der Waals surface area contributed by atoms with Crippen molar-refractivity contribution in [2.24, 2.45) is 5.73 Å². The van der Waals surface area contributed by atoms with Crippen LogP contribution in [0.5, 0.6) is 0 Å². The summed E-state index contributed by atoms with van der Waals surface area (Å²) in [4.78, 5) is 32.5. The van der Waals surface area contributed by atoms with E-state index in [1.807, 2.05) is 36.4 Å². The van der Waals surface area contributed by atoms with Gasteiger partial charge in [0.25, 0.3) is 5.91 Å². The molecule has 0 saturated carbocycles. The molecule has 0 atom stereocenters. The number of fused-ring (bicyclic) bond motifs is 1. The lowest BCUT2D eigenvalue weighted by Gasteiger charge is -2.22. The molecule has 1 aromatic heterocycles. The quantitative estimate of drug-likeness (QED) is 0.617. The van der Waals surface area contributed by atoms with Crippen molar-refractivity contribution in [3.63, 3.8) is 0 Å². The van der Waals surface area contributed by atoms with Crippen molar-refractivity contribution in [3.8, 4) is 11.4 Å². The van der Waals surface area contributed by atoms with Crippen molar-refractivity contribution in [2.75, 3.05) is 23.3 Å². The molecular weight excluding hydrogens is 414 g/mol. The average molecular weight is 444 g/mol. The maximum Gasteiger partial charge on any atom is 0.276 e. The van der Waals surface area contributed by atoms with E-state index >= 15 is 0 Å². The zero-order valence-corrected chi connectivity index (χ0v) is 18.7. The number of primary amides is 1. The number of nitrogens with one attached hydrogen (secondary N) is 1. The predicted molar refractivity (Wildman–Crippen MR) is 130 cm³/mol. The number of benzene rings is 2. The monoisotopic (exact) mass is 443 g/mol. The first-order valence-electron chi connectivity index (χ1n) is 11.8. The largest absolute Gasteiger partial charge is 0.370 e. The average Bonchev–Trinajstić information content (AvgIpc) is 3.42. The number of hydrogen-bond donors (Lipinski definition) is 2. The first-order chi connectivity index (χ1) is 16.1. The molecule has 0 aliphatic carbocycles. The first kappa shape index (κ1) is 21.2. The number of nitrogens with zero attached hydrogens (tertiary/aromatic N) is 3. The summed E-state index contributed by atoms with van der Waals surface area (Å²) in [6, 6.07) is 15.3. The topological polar surface area (TPSA) is 93.2 Å². The van der Waals surface area contributed by atoms with Crippen molar-refractivity contribution in [1.82, 2.24) is 9.55 Å². The molecule has 2 aromatic carbocycles. The Morgan fingerprint density at radius 2 is 1.67 bits per heavy atom. The lowest BCUT2D eigenvalue weighted by Crippen LogP contribution is -2.23. The van der Waals surface area contributed by atoms with Gasteiger partial charge in [-0.1, -0.05) is 36.8 Å². The Kier molecular flexibility index (Phi) is 5.86. The summed E-state index contributed by atoms with van der Waals surface area (Å²) in [6.45, 7) is 2.71. The van der Waals surface area contributed by atoms with E-state index in [9.17, 15) is 9.59 Å². The van der Waals surface area contributed by atoms with Gasteiger partial charge in [0.1, 0.15) is 11.5 Å². The smallest absolute Gasteiger partial charge is 0.276 e. The number of carbonyl (C=O) groups excluding carboxylic acids is 2. The van der Waals surface area contributed by atoms with Gasteiger partial charge in [0.05, 0.1) is 17.1 Å². The van der Waals surface area contributed by atoms with Gasteiger partial charge in [0, 0.05) is 30.8 Å². The molecule has 170 valence electrons. The molecule has 2 aliphatic rings. The molecule has 1 fully saturated rings. The molecule has 0 radical (unpaired) electrons. The highest BCUT2D eigenvalue weighted by Crippen LogP contribution is 2.32. The third-order valence-corrected chi connectivity index (χ3v) is 6.59. The maximum atomic E-state index is 13.6. The Hall–Kier alpha value is -3.61.